The Morgan fingerprint density at radius 2 is 1.38 bits per heavy atom. The molecule has 0 spiro atoms. The summed E-state index contributed by atoms with van der Waals surface area (Å²) < 4.78 is 18.3. The van der Waals surface area contributed by atoms with E-state index in [0.29, 0.717) is 0 Å². The molecule has 0 aromatic carbocycles. The molecule has 1 N–H and O–H groups in total. The summed E-state index contributed by atoms with van der Waals surface area (Å²) in [5.74, 6) is 0. The van der Waals surface area contributed by atoms with Crippen molar-refractivity contribution in [3.05, 3.63) is 0 Å². The monoisotopic (exact) mass is 177 g/mol. The van der Waals surface area contributed by atoms with Crippen LogP contribution in [0.4, 0.5) is 0 Å². The highest BCUT2D eigenvalue weighted by Gasteiger charge is 1.88. The predicted molar refractivity (Wildman–Crippen MR) is 29.0 cm³/mol. The summed E-state index contributed by atoms with van der Waals surface area (Å²) in [5, 5.41) is 5.40. The van der Waals surface area contributed by atoms with Crippen LogP contribution in [0.25, 0.3) is 0 Å². The predicted octanol–water partition coefficient (Wildman–Crippen LogP) is 0.610. The van der Waals surface area contributed by atoms with Crippen molar-refractivity contribution in [3.63, 3.8) is 0 Å². The lowest BCUT2D eigenvalue weighted by Crippen LogP contribution is -1.63. The van der Waals surface area contributed by atoms with Crippen molar-refractivity contribution in [3.8, 4) is 0 Å². The normalized spacial score (nSPS) is 8.25. The van der Waals surface area contributed by atoms with Crippen molar-refractivity contribution < 1.29 is 13.2 Å². The van der Waals surface area contributed by atoms with Gasteiger partial charge in [0.05, 0.1) is 0 Å². The number of nitrogens with one attached hydrogen (secondary N) is 1. The van der Waals surface area contributed by atoms with E-state index in [1.165, 1.54) is 0 Å². The summed E-state index contributed by atoms with van der Waals surface area (Å²) in [6, 6.07) is 0. The molecule has 0 aliphatic rings. The molecule has 0 unspecified atom stereocenters. The van der Waals surface area contributed by atoms with Crippen molar-refractivity contribution >= 4 is 35.7 Å². The van der Waals surface area contributed by atoms with Gasteiger partial charge in [-0.15, -0.1) is 0 Å². The minimum Gasteiger partial charge on any atom is -0.222 e. The molecule has 0 saturated heterocycles. The minimum absolute atomic E-state index is 0.750. The number of hydrogen-bond acceptors (Lipinski definition) is 4. The summed E-state index contributed by atoms with van der Waals surface area (Å²) >= 11 is 0. The second kappa shape index (κ2) is 5.05. The van der Waals surface area contributed by atoms with E-state index in [4.69, 9.17) is 18.6 Å². The van der Waals surface area contributed by atoms with E-state index in [-0.39, 0.29) is 0 Å². The minimum atomic E-state index is -3.72. The average Bonchev–Trinajstić information content (AvgIpc) is 1.27. The number of halogens is 2. The van der Waals surface area contributed by atoms with E-state index in [0.717, 1.165) is 6.08 Å². The third-order valence-corrected chi connectivity index (χ3v) is 0. The van der Waals surface area contributed by atoms with Crippen LogP contribution in [-0.4, -0.2) is 14.5 Å². The van der Waals surface area contributed by atoms with Gasteiger partial charge in [-0.05, 0) is 0 Å². The first kappa shape index (κ1) is 10.8. The molecule has 4 nitrogen and oxygen atoms in total. The van der Waals surface area contributed by atoms with Gasteiger partial charge in [-0.3, -0.25) is 0 Å². The fourth-order valence-corrected chi connectivity index (χ4v) is 0. The van der Waals surface area contributed by atoms with Gasteiger partial charge in [0.2, 0.25) is 6.08 Å². The van der Waals surface area contributed by atoms with Gasteiger partial charge in [-0.2, -0.15) is 8.42 Å². The number of carbonyl (C=O) groups excluding carboxylic acids is 1. The highest BCUT2D eigenvalue weighted by Crippen LogP contribution is 1.98. The van der Waals surface area contributed by atoms with E-state index >= 15 is 0 Å². The summed E-state index contributed by atoms with van der Waals surface area (Å²) in [6.45, 7) is 0. The van der Waals surface area contributed by atoms with Crippen molar-refractivity contribution in [1.29, 1.82) is 5.41 Å². The van der Waals surface area contributed by atoms with Crippen molar-refractivity contribution in [2.24, 2.45) is 0 Å². The van der Waals surface area contributed by atoms with E-state index in [1.54, 1.807) is 0 Å². The highest BCUT2D eigenvalue weighted by molar-refractivity contribution is 8.31. The smallest absolute Gasteiger partial charge is 0.222 e. The zero-order valence-corrected chi connectivity index (χ0v) is 5.72. The van der Waals surface area contributed by atoms with E-state index in [2.05, 4.69) is 21.4 Å². The van der Waals surface area contributed by atoms with Gasteiger partial charge in [0.15, 0.2) is 0 Å². The first-order chi connectivity index (χ1) is 3.41. The summed E-state index contributed by atoms with van der Waals surface area (Å²) in [4.78, 5) is 8.35. The van der Waals surface area contributed by atoms with Crippen LogP contribution in [0.15, 0.2) is 0 Å². The molecule has 0 saturated carbocycles. The number of hydrogen-bond donors (Lipinski definition) is 1. The standard InChI is InChI=1S/CHNO.Cl2O2S/c2-1-3;1-5(2,3)4/h2H;. The van der Waals surface area contributed by atoms with Gasteiger partial charge in [0.25, 0.3) is 0 Å². The second-order valence-corrected chi connectivity index (χ2v) is 4.15. The second-order valence-electron chi connectivity index (χ2n) is 0.480. The molecule has 0 heterocycles. The number of isocyanates is 1. The van der Waals surface area contributed by atoms with Crippen molar-refractivity contribution in [2.45, 2.75) is 0 Å². The Morgan fingerprint density at radius 1 is 1.38 bits per heavy atom. The third-order valence-electron chi connectivity index (χ3n) is 0. The first-order valence-electron chi connectivity index (χ1n) is 1.10. The average molecular weight is 178 g/mol. The zero-order valence-electron chi connectivity index (χ0n) is 3.39. The lowest BCUT2D eigenvalue weighted by Gasteiger charge is -1.61. The Bertz CT molecular complexity index is 158. The molecule has 0 aromatic rings. The molecular weight excluding hydrogens is 177 g/mol. The maximum absolute atomic E-state index is 9.16. The molecule has 8 heavy (non-hydrogen) atoms. The fourth-order valence-electron chi connectivity index (χ4n) is 0. The molecule has 0 aromatic heterocycles. The molecule has 0 bridgehead atoms. The summed E-state index contributed by atoms with van der Waals surface area (Å²) in [7, 11) is 4.81. The Hall–Kier alpha value is -0.0900. The summed E-state index contributed by atoms with van der Waals surface area (Å²) in [5.41, 5.74) is 0. The summed E-state index contributed by atoms with van der Waals surface area (Å²) in [6.07, 6.45) is 0.750. The SMILES string of the molecule is N=C=O.O=S(=O)(Cl)Cl. The Morgan fingerprint density at radius 3 is 1.38 bits per heavy atom. The molecule has 48 valence electrons. The molecular formula is CHCl2NO3S. The van der Waals surface area contributed by atoms with Gasteiger partial charge in [-0.1, -0.05) is 0 Å². The van der Waals surface area contributed by atoms with Gasteiger partial charge >= 0.3 is 8.26 Å². The van der Waals surface area contributed by atoms with Crippen LogP contribution in [-0.2, 0) is 13.1 Å². The molecule has 0 aliphatic carbocycles. The highest BCUT2D eigenvalue weighted by atomic mass is 36.0. The lowest BCUT2D eigenvalue weighted by atomic mass is 11.7. The molecule has 0 rings (SSSR count). The third kappa shape index (κ3) is 17600. The molecule has 0 atom stereocenters. The van der Waals surface area contributed by atoms with E-state index in [9.17, 15) is 0 Å². The molecule has 0 aliphatic heterocycles. The fraction of sp³-hybridized carbons (Fsp3) is 0. The number of rotatable bonds is 0. The molecule has 7 heteroatoms. The van der Waals surface area contributed by atoms with Gasteiger partial charge in [-0.25, -0.2) is 10.2 Å². The molecule has 0 radical (unpaired) electrons. The van der Waals surface area contributed by atoms with Crippen LogP contribution < -0.4 is 0 Å². The van der Waals surface area contributed by atoms with E-state index < -0.39 is 8.26 Å². The largest absolute Gasteiger partial charge is 0.317 e. The van der Waals surface area contributed by atoms with Crippen LogP contribution in [0.2, 0.25) is 0 Å². The quantitative estimate of drug-likeness (QED) is 0.335. The van der Waals surface area contributed by atoms with Crippen molar-refractivity contribution in [2.75, 3.05) is 0 Å². The Labute approximate surface area is 54.8 Å². The van der Waals surface area contributed by atoms with Gasteiger partial charge < -0.3 is 0 Å². The van der Waals surface area contributed by atoms with Gasteiger partial charge in [0, 0.05) is 21.4 Å². The zero-order chi connectivity index (χ0) is 7.21. The topological polar surface area (TPSA) is 75.1 Å². The lowest BCUT2D eigenvalue weighted by molar-refractivity contribution is 0.562. The maximum Gasteiger partial charge on any atom is 0.317 e. The van der Waals surface area contributed by atoms with Crippen molar-refractivity contribution in [1.82, 2.24) is 0 Å². The first-order valence-corrected chi connectivity index (χ1v) is 4.23. The van der Waals surface area contributed by atoms with Gasteiger partial charge in [0.1, 0.15) is 0 Å². The van der Waals surface area contributed by atoms with Crippen LogP contribution in [0.5, 0.6) is 0 Å². The van der Waals surface area contributed by atoms with E-state index in [1.807, 2.05) is 0 Å². The van der Waals surface area contributed by atoms with Crippen LogP contribution >= 0.6 is 21.4 Å². The Balaban J connectivity index is 0. The molecule has 0 fully saturated rings. The van der Waals surface area contributed by atoms with Crippen LogP contribution in [0.1, 0.15) is 0 Å². The Kier molecular flexibility index (Phi) is 6.83. The van der Waals surface area contributed by atoms with Crippen LogP contribution in [0, 0.1) is 5.41 Å². The van der Waals surface area contributed by atoms with Crippen LogP contribution in [0.3, 0.4) is 0 Å². The maximum atomic E-state index is 9.16. The molecule has 0 amide bonds.